The van der Waals surface area contributed by atoms with E-state index in [0.717, 1.165) is 12.8 Å². The van der Waals surface area contributed by atoms with E-state index in [1.54, 1.807) is 0 Å². The monoisotopic (exact) mass is 187 g/mol. The average Bonchev–Trinajstić information content (AvgIpc) is 2.11. The standard InChI is InChI=1S/C9H21N3O/c1-5-7(3)11-12(9(10)13)8(4)6-2/h7-8,11H,5-6H2,1-4H3,(H2,10,13). The Bertz CT molecular complexity index is 161. The zero-order valence-electron chi connectivity index (χ0n) is 9.00. The molecule has 0 aliphatic heterocycles. The molecule has 0 saturated carbocycles. The fourth-order valence-corrected chi connectivity index (χ4v) is 0.919. The van der Waals surface area contributed by atoms with Gasteiger partial charge in [0.1, 0.15) is 0 Å². The highest BCUT2D eigenvalue weighted by molar-refractivity contribution is 5.71. The summed E-state index contributed by atoms with van der Waals surface area (Å²) in [5.74, 6) is 0. The van der Waals surface area contributed by atoms with Gasteiger partial charge in [0.25, 0.3) is 0 Å². The minimum absolute atomic E-state index is 0.145. The van der Waals surface area contributed by atoms with Crippen LogP contribution in [0, 0.1) is 0 Å². The lowest BCUT2D eigenvalue weighted by Crippen LogP contribution is -2.53. The lowest BCUT2D eigenvalue weighted by atomic mass is 10.2. The molecule has 0 aromatic carbocycles. The van der Waals surface area contributed by atoms with Gasteiger partial charge >= 0.3 is 6.03 Å². The van der Waals surface area contributed by atoms with Crippen molar-refractivity contribution in [2.75, 3.05) is 0 Å². The Morgan fingerprint density at radius 3 is 2.23 bits per heavy atom. The fraction of sp³-hybridized carbons (Fsp3) is 0.889. The van der Waals surface area contributed by atoms with E-state index in [2.05, 4.69) is 12.3 Å². The topological polar surface area (TPSA) is 58.4 Å². The summed E-state index contributed by atoms with van der Waals surface area (Å²) in [6.45, 7) is 8.09. The molecule has 0 aromatic heterocycles. The maximum absolute atomic E-state index is 11.0. The molecule has 0 bridgehead atoms. The van der Waals surface area contributed by atoms with E-state index < -0.39 is 6.03 Å². The fourth-order valence-electron chi connectivity index (χ4n) is 0.919. The Kier molecular flexibility index (Phi) is 5.46. The molecule has 0 heterocycles. The van der Waals surface area contributed by atoms with Crippen molar-refractivity contribution < 1.29 is 4.79 Å². The highest BCUT2D eigenvalue weighted by Crippen LogP contribution is 2.01. The van der Waals surface area contributed by atoms with E-state index in [4.69, 9.17) is 5.73 Å². The Morgan fingerprint density at radius 2 is 1.92 bits per heavy atom. The molecular weight excluding hydrogens is 166 g/mol. The summed E-state index contributed by atoms with van der Waals surface area (Å²) in [6.07, 6.45) is 1.87. The van der Waals surface area contributed by atoms with Crippen molar-refractivity contribution in [1.29, 1.82) is 0 Å². The van der Waals surface area contributed by atoms with E-state index >= 15 is 0 Å². The molecule has 3 N–H and O–H groups in total. The molecular formula is C9H21N3O. The third kappa shape index (κ3) is 4.12. The summed E-state index contributed by atoms with van der Waals surface area (Å²) >= 11 is 0. The highest BCUT2D eigenvalue weighted by Gasteiger charge is 2.17. The average molecular weight is 187 g/mol. The molecule has 0 aromatic rings. The second-order valence-electron chi connectivity index (χ2n) is 3.40. The summed E-state index contributed by atoms with van der Waals surface area (Å²) in [5, 5.41) is 1.51. The maximum Gasteiger partial charge on any atom is 0.329 e. The van der Waals surface area contributed by atoms with Crippen LogP contribution in [0.4, 0.5) is 4.79 Å². The van der Waals surface area contributed by atoms with Gasteiger partial charge in [0.2, 0.25) is 0 Å². The van der Waals surface area contributed by atoms with Crippen molar-refractivity contribution in [1.82, 2.24) is 10.4 Å². The van der Waals surface area contributed by atoms with Crippen molar-refractivity contribution in [2.24, 2.45) is 5.73 Å². The van der Waals surface area contributed by atoms with Gasteiger partial charge in [-0.3, -0.25) is 5.01 Å². The molecule has 0 rings (SSSR count). The highest BCUT2D eigenvalue weighted by atomic mass is 16.2. The third-order valence-electron chi connectivity index (χ3n) is 2.24. The zero-order valence-corrected chi connectivity index (χ0v) is 9.00. The lowest BCUT2D eigenvalue weighted by Gasteiger charge is -2.29. The number of nitrogens with zero attached hydrogens (tertiary/aromatic N) is 1. The van der Waals surface area contributed by atoms with Gasteiger partial charge in [0, 0.05) is 12.1 Å². The molecule has 0 aliphatic rings. The molecule has 2 amide bonds. The lowest BCUT2D eigenvalue weighted by molar-refractivity contribution is 0.134. The van der Waals surface area contributed by atoms with Crippen LogP contribution >= 0.6 is 0 Å². The number of nitrogens with two attached hydrogens (primary N) is 1. The predicted octanol–water partition coefficient (Wildman–Crippen LogP) is 1.47. The summed E-state index contributed by atoms with van der Waals surface area (Å²) in [5.41, 5.74) is 8.32. The van der Waals surface area contributed by atoms with Crippen LogP contribution in [-0.2, 0) is 0 Å². The van der Waals surface area contributed by atoms with Crippen LogP contribution in [0.2, 0.25) is 0 Å². The molecule has 13 heavy (non-hydrogen) atoms. The number of hydrogen-bond donors (Lipinski definition) is 2. The van der Waals surface area contributed by atoms with Crippen LogP contribution in [0.25, 0.3) is 0 Å². The number of carbonyl (C=O) groups excluding carboxylic acids is 1. The van der Waals surface area contributed by atoms with E-state index in [1.165, 1.54) is 5.01 Å². The molecule has 0 radical (unpaired) electrons. The Morgan fingerprint density at radius 1 is 1.38 bits per heavy atom. The van der Waals surface area contributed by atoms with Gasteiger partial charge in [0.15, 0.2) is 0 Å². The largest absolute Gasteiger partial charge is 0.350 e. The second kappa shape index (κ2) is 5.80. The van der Waals surface area contributed by atoms with Crippen molar-refractivity contribution in [3.63, 3.8) is 0 Å². The van der Waals surface area contributed by atoms with Crippen LogP contribution in [0.15, 0.2) is 0 Å². The summed E-state index contributed by atoms with van der Waals surface area (Å²) in [7, 11) is 0. The van der Waals surface area contributed by atoms with E-state index in [1.807, 2.05) is 20.8 Å². The first-order chi connectivity index (χ1) is 6.02. The van der Waals surface area contributed by atoms with Crippen LogP contribution in [0.5, 0.6) is 0 Å². The third-order valence-corrected chi connectivity index (χ3v) is 2.24. The van der Waals surface area contributed by atoms with Gasteiger partial charge in [0.05, 0.1) is 0 Å². The molecule has 0 spiro atoms. The number of hydrogen-bond acceptors (Lipinski definition) is 2. The first-order valence-corrected chi connectivity index (χ1v) is 4.87. The smallest absolute Gasteiger partial charge is 0.329 e. The van der Waals surface area contributed by atoms with E-state index in [9.17, 15) is 4.79 Å². The van der Waals surface area contributed by atoms with E-state index in [0.29, 0.717) is 0 Å². The van der Waals surface area contributed by atoms with Crippen molar-refractivity contribution in [3.05, 3.63) is 0 Å². The number of amides is 2. The predicted molar refractivity (Wildman–Crippen MR) is 54.1 cm³/mol. The van der Waals surface area contributed by atoms with Crippen LogP contribution in [-0.4, -0.2) is 23.1 Å². The Balaban J connectivity index is 4.17. The minimum Gasteiger partial charge on any atom is -0.350 e. The van der Waals surface area contributed by atoms with Crippen molar-refractivity contribution in [2.45, 2.75) is 52.6 Å². The quantitative estimate of drug-likeness (QED) is 0.640. The Labute approximate surface area is 80.4 Å². The van der Waals surface area contributed by atoms with Crippen molar-refractivity contribution in [3.8, 4) is 0 Å². The van der Waals surface area contributed by atoms with Gasteiger partial charge in [-0.05, 0) is 26.7 Å². The SMILES string of the molecule is CCC(C)NN(C(N)=O)C(C)CC. The number of nitrogens with one attached hydrogen (secondary N) is 1. The van der Waals surface area contributed by atoms with Gasteiger partial charge in [-0.25, -0.2) is 10.2 Å². The summed E-state index contributed by atoms with van der Waals surface area (Å²) in [4.78, 5) is 11.0. The first kappa shape index (κ1) is 12.2. The number of carbonyl (C=O) groups is 1. The molecule has 2 atom stereocenters. The summed E-state index contributed by atoms with van der Waals surface area (Å²) in [6, 6.07) is 0.0163. The van der Waals surface area contributed by atoms with Gasteiger partial charge in [-0.2, -0.15) is 0 Å². The van der Waals surface area contributed by atoms with Gasteiger partial charge in [-0.15, -0.1) is 0 Å². The van der Waals surface area contributed by atoms with Crippen LogP contribution in [0.3, 0.4) is 0 Å². The number of rotatable bonds is 5. The van der Waals surface area contributed by atoms with Gasteiger partial charge < -0.3 is 5.73 Å². The van der Waals surface area contributed by atoms with Gasteiger partial charge in [-0.1, -0.05) is 13.8 Å². The van der Waals surface area contributed by atoms with Crippen LogP contribution < -0.4 is 11.2 Å². The zero-order chi connectivity index (χ0) is 10.4. The number of hydrazine groups is 1. The van der Waals surface area contributed by atoms with Crippen LogP contribution in [0.1, 0.15) is 40.5 Å². The molecule has 0 saturated heterocycles. The number of urea groups is 1. The first-order valence-electron chi connectivity index (χ1n) is 4.87. The molecule has 2 unspecified atom stereocenters. The van der Waals surface area contributed by atoms with E-state index in [-0.39, 0.29) is 12.1 Å². The molecule has 4 heteroatoms. The normalized spacial score (nSPS) is 15.1. The molecule has 0 aliphatic carbocycles. The number of primary amides is 1. The summed E-state index contributed by atoms with van der Waals surface area (Å²) < 4.78 is 0. The molecule has 0 fully saturated rings. The Hall–Kier alpha value is -0.770. The molecule has 4 nitrogen and oxygen atoms in total. The molecule has 78 valence electrons. The second-order valence-corrected chi connectivity index (χ2v) is 3.40. The maximum atomic E-state index is 11.0. The minimum atomic E-state index is -0.408. The van der Waals surface area contributed by atoms with Crippen molar-refractivity contribution >= 4 is 6.03 Å².